The van der Waals surface area contributed by atoms with Crippen molar-refractivity contribution in [3.8, 4) is 0 Å². The van der Waals surface area contributed by atoms with Crippen LogP contribution in [0.3, 0.4) is 0 Å². The maximum absolute atomic E-state index is 2.20. The van der Waals surface area contributed by atoms with Crippen molar-refractivity contribution in [1.82, 2.24) is 0 Å². The molecule has 0 aliphatic rings. The van der Waals surface area contributed by atoms with Crippen LogP contribution in [0.5, 0.6) is 0 Å². The molecule has 0 unspecified atom stereocenters. The zero-order valence-corrected chi connectivity index (χ0v) is 9.51. The van der Waals surface area contributed by atoms with Gasteiger partial charge in [0.1, 0.15) is 0 Å². The van der Waals surface area contributed by atoms with Gasteiger partial charge in [-0.25, -0.2) is 0 Å². The first-order valence-corrected chi connectivity index (χ1v) is 4.93. The van der Waals surface area contributed by atoms with Gasteiger partial charge in [0, 0.05) is 0 Å². The van der Waals surface area contributed by atoms with Gasteiger partial charge in [-0.05, 0) is 0 Å². The Morgan fingerprint density at radius 2 is 1.88 bits per heavy atom. The molecule has 0 radical (unpaired) electrons. The van der Waals surface area contributed by atoms with Gasteiger partial charge in [0.2, 0.25) is 0 Å². The number of aryl methyl sites for hydroxylation is 1. The van der Waals surface area contributed by atoms with E-state index in [0.29, 0.717) is 0 Å². The van der Waals surface area contributed by atoms with Gasteiger partial charge in [-0.15, -0.1) is 0 Å². The monoisotopic (exact) mass is 162 g/mol. The predicted molar refractivity (Wildman–Crippen MR) is 39.4 cm³/mol. The summed E-state index contributed by atoms with van der Waals surface area (Å²) < 4.78 is 1.56. The summed E-state index contributed by atoms with van der Waals surface area (Å²) >= 11 is 0.846. The van der Waals surface area contributed by atoms with E-state index in [2.05, 4.69) is 31.2 Å². The molecule has 1 rings (SSSR count). The Hall–Kier alpha value is -0.144. The van der Waals surface area contributed by atoms with Crippen LogP contribution in [-0.2, 0) is 0 Å². The van der Waals surface area contributed by atoms with Crippen molar-refractivity contribution >= 4 is 22.7 Å². The third kappa shape index (κ3) is 1.17. The fraction of sp³-hybridized carbons (Fsp3) is 0.143. The summed E-state index contributed by atoms with van der Waals surface area (Å²) in [7, 11) is 0. The fourth-order valence-electron chi connectivity index (χ4n) is 0.663. The van der Waals surface area contributed by atoms with Crippen molar-refractivity contribution in [3.05, 3.63) is 29.8 Å². The van der Waals surface area contributed by atoms with E-state index >= 15 is 0 Å². The molecular weight excluding hydrogens is 154 g/mol. The van der Waals surface area contributed by atoms with Crippen LogP contribution in [0, 0.1) is 6.92 Å². The summed E-state index contributed by atoms with van der Waals surface area (Å²) in [6, 6.07) is 8.56. The molecule has 0 aliphatic heterocycles. The van der Waals surface area contributed by atoms with Crippen molar-refractivity contribution in [3.63, 3.8) is 0 Å². The van der Waals surface area contributed by atoms with Gasteiger partial charge in [-0.2, -0.15) is 0 Å². The van der Waals surface area contributed by atoms with Crippen molar-refractivity contribution in [2.24, 2.45) is 0 Å². The molecule has 40 valence electrons. The molecule has 0 atom stereocenters. The zero-order chi connectivity index (χ0) is 5.98. The SMILES string of the molecule is Cc1cccc[c]1[GaH2]. The summed E-state index contributed by atoms with van der Waals surface area (Å²) in [4.78, 5) is 0. The summed E-state index contributed by atoms with van der Waals surface area (Å²) in [5.74, 6) is 0. The molecule has 0 spiro atoms. The Labute approximate surface area is 59.8 Å². The summed E-state index contributed by atoms with van der Waals surface area (Å²) in [6.07, 6.45) is 0. The van der Waals surface area contributed by atoms with Crippen molar-refractivity contribution in [2.75, 3.05) is 0 Å². The van der Waals surface area contributed by atoms with E-state index in [1.54, 1.807) is 4.12 Å². The second-order valence-corrected chi connectivity index (χ2v) is 4.34. The van der Waals surface area contributed by atoms with Crippen molar-refractivity contribution in [1.29, 1.82) is 0 Å². The Morgan fingerprint density at radius 3 is 2.25 bits per heavy atom. The first-order chi connectivity index (χ1) is 3.80. The van der Waals surface area contributed by atoms with E-state index in [0.717, 1.165) is 18.6 Å². The second kappa shape index (κ2) is 2.42. The average molecular weight is 163 g/mol. The summed E-state index contributed by atoms with van der Waals surface area (Å²) in [6.45, 7) is 2.17. The molecule has 1 heteroatoms. The second-order valence-electron chi connectivity index (χ2n) is 2.08. The van der Waals surface area contributed by atoms with Crippen LogP contribution >= 0.6 is 0 Å². The first kappa shape index (κ1) is 5.98. The molecule has 0 aliphatic carbocycles. The van der Waals surface area contributed by atoms with E-state index in [1.165, 1.54) is 5.56 Å². The Kier molecular flexibility index (Phi) is 1.81. The molecule has 1 aromatic carbocycles. The minimum atomic E-state index is 0.846. The first-order valence-electron chi connectivity index (χ1n) is 2.83. The van der Waals surface area contributed by atoms with E-state index in [-0.39, 0.29) is 0 Å². The molecular formula is C7H9Ga. The number of hydrogen-bond donors (Lipinski definition) is 0. The van der Waals surface area contributed by atoms with Gasteiger partial charge >= 0.3 is 59.5 Å². The Morgan fingerprint density at radius 1 is 1.25 bits per heavy atom. The number of hydrogen-bond acceptors (Lipinski definition) is 0. The average Bonchev–Trinajstić information content (AvgIpc) is 1.77. The Balaban J connectivity index is 3.13. The van der Waals surface area contributed by atoms with E-state index in [9.17, 15) is 0 Å². The van der Waals surface area contributed by atoms with Crippen LogP contribution in [0.4, 0.5) is 0 Å². The Bertz CT molecular complexity index is 160. The van der Waals surface area contributed by atoms with Gasteiger partial charge in [0.05, 0.1) is 0 Å². The topological polar surface area (TPSA) is 0 Å². The van der Waals surface area contributed by atoms with Gasteiger partial charge in [0.25, 0.3) is 0 Å². The molecule has 0 bridgehead atoms. The number of rotatable bonds is 0. The molecule has 1 aromatic rings. The molecule has 0 amide bonds. The molecule has 0 N–H and O–H groups in total. The fourth-order valence-corrected chi connectivity index (χ4v) is 1.42. The van der Waals surface area contributed by atoms with Gasteiger partial charge in [-0.1, -0.05) is 0 Å². The molecule has 0 fully saturated rings. The molecule has 0 heterocycles. The van der Waals surface area contributed by atoms with Crippen LogP contribution in [-0.4, -0.2) is 18.6 Å². The van der Waals surface area contributed by atoms with E-state index in [4.69, 9.17) is 0 Å². The number of benzene rings is 1. The molecule has 0 saturated heterocycles. The van der Waals surface area contributed by atoms with Crippen LogP contribution in [0.2, 0.25) is 0 Å². The van der Waals surface area contributed by atoms with E-state index < -0.39 is 0 Å². The summed E-state index contributed by atoms with van der Waals surface area (Å²) in [5, 5.41) is 0. The third-order valence-electron chi connectivity index (χ3n) is 1.43. The van der Waals surface area contributed by atoms with Gasteiger partial charge in [-0.3, -0.25) is 0 Å². The minimum absolute atomic E-state index is 0.846. The van der Waals surface area contributed by atoms with Crippen LogP contribution in [0.15, 0.2) is 24.3 Å². The van der Waals surface area contributed by atoms with E-state index in [1.807, 2.05) is 0 Å². The standard InChI is InChI=1S/C7H7.Ga.2H/c1-7-5-3-2-4-6-7;;;/h2-5H,1H3;;;. The van der Waals surface area contributed by atoms with Crippen LogP contribution in [0.1, 0.15) is 5.56 Å². The van der Waals surface area contributed by atoms with Gasteiger partial charge in [0.15, 0.2) is 0 Å². The normalized spacial score (nSPS) is 9.12. The maximum atomic E-state index is 2.20. The summed E-state index contributed by atoms with van der Waals surface area (Å²) in [5.41, 5.74) is 1.45. The molecule has 0 nitrogen and oxygen atoms in total. The zero-order valence-electron chi connectivity index (χ0n) is 5.31. The van der Waals surface area contributed by atoms with Crippen LogP contribution in [0.25, 0.3) is 0 Å². The molecule has 0 aromatic heterocycles. The predicted octanol–water partition coefficient (Wildman–Crippen LogP) is 0.253. The van der Waals surface area contributed by atoms with Gasteiger partial charge < -0.3 is 0 Å². The third-order valence-corrected chi connectivity index (χ3v) is 3.78. The van der Waals surface area contributed by atoms with Crippen LogP contribution < -0.4 is 4.12 Å². The molecule has 8 heavy (non-hydrogen) atoms. The quantitative estimate of drug-likeness (QED) is 0.481. The van der Waals surface area contributed by atoms with Crippen molar-refractivity contribution in [2.45, 2.75) is 6.92 Å². The van der Waals surface area contributed by atoms with Crippen molar-refractivity contribution < 1.29 is 0 Å². The molecule has 0 saturated carbocycles.